The summed E-state index contributed by atoms with van der Waals surface area (Å²) in [6, 6.07) is 1.68. The fourth-order valence-electron chi connectivity index (χ4n) is 1.90. The standard InChI is InChI=1S/C12H19N3O2/c1-8(2)10-7-11(17-15-10)14-12(16)9-5-3-4-6-13-9/h7-9,13H,3-6H2,1-2H3,(H,14,16)/t9-/m0/s1. The minimum absolute atomic E-state index is 0.0313. The van der Waals surface area contributed by atoms with Crippen LogP contribution in [0.4, 0.5) is 5.88 Å². The van der Waals surface area contributed by atoms with Gasteiger partial charge >= 0.3 is 0 Å². The van der Waals surface area contributed by atoms with Crippen LogP contribution in [0.3, 0.4) is 0 Å². The van der Waals surface area contributed by atoms with Gasteiger partial charge in [-0.15, -0.1) is 0 Å². The molecule has 1 aliphatic heterocycles. The lowest BCUT2D eigenvalue weighted by atomic mass is 10.0. The molecule has 0 saturated carbocycles. The summed E-state index contributed by atoms with van der Waals surface area (Å²) < 4.78 is 5.08. The van der Waals surface area contributed by atoms with Gasteiger partial charge in [-0.3, -0.25) is 10.1 Å². The zero-order valence-electron chi connectivity index (χ0n) is 10.3. The third kappa shape index (κ3) is 3.06. The number of rotatable bonds is 3. The number of amides is 1. The second kappa shape index (κ2) is 5.31. The van der Waals surface area contributed by atoms with E-state index < -0.39 is 0 Å². The van der Waals surface area contributed by atoms with Crippen LogP contribution in [0.15, 0.2) is 10.6 Å². The van der Waals surface area contributed by atoms with E-state index in [1.165, 1.54) is 0 Å². The molecule has 1 amide bonds. The van der Waals surface area contributed by atoms with Gasteiger partial charge < -0.3 is 9.84 Å². The van der Waals surface area contributed by atoms with Crippen LogP contribution in [0.5, 0.6) is 0 Å². The molecule has 0 aromatic carbocycles. The Kier molecular flexibility index (Phi) is 3.78. The highest BCUT2D eigenvalue weighted by Gasteiger charge is 2.21. The summed E-state index contributed by atoms with van der Waals surface area (Å²) >= 11 is 0. The SMILES string of the molecule is CC(C)c1cc(NC(=O)[C@@H]2CCCCN2)on1. The van der Waals surface area contributed by atoms with Crippen LogP contribution in [-0.2, 0) is 4.79 Å². The molecule has 1 fully saturated rings. The molecule has 17 heavy (non-hydrogen) atoms. The highest BCUT2D eigenvalue weighted by Crippen LogP contribution is 2.18. The van der Waals surface area contributed by atoms with E-state index in [0.29, 0.717) is 11.8 Å². The van der Waals surface area contributed by atoms with E-state index in [9.17, 15) is 4.79 Å². The molecule has 5 heteroatoms. The molecule has 2 rings (SSSR count). The topological polar surface area (TPSA) is 67.2 Å². The maximum atomic E-state index is 11.9. The largest absolute Gasteiger partial charge is 0.338 e. The minimum atomic E-state index is -0.101. The van der Waals surface area contributed by atoms with Crippen molar-refractivity contribution >= 4 is 11.8 Å². The average Bonchev–Trinajstić information content (AvgIpc) is 2.79. The number of piperidine rings is 1. The van der Waals surface area contributed by atoms with Crippen molar-refractivity contribution in [3.8, 4) is 0 Å². The summed E-state index contributed by atoms with van der Waals surface area (Å²) in [6.45, 7) is 4.98. The lowest BCUT2D eigenvalue weighted by Gasteiger charge is -2.21. The van der Waals surface area contributed by atoms with Crippen molar-refractivity contribution in [3.05, 3.63) is 11.8 Å². The summed E-state index contributed by atoms with van der Waals surface area (Å²) in [5.74, 6) is 0.708. The number of anilines is 1. The van der Waals surface area contributed by atoms with Gasteiger partial charge in [-0.1, -0.05) is 25.4 Å². The van der Waals surface area contributed by atoms with Crippen LogP contribution in [0.25, 0.3) is 0 Å². The average molecular weight is 237 g/mol. The predicted octanol–water partition coefficient (Wildman–Crippen LogP) is 1.88. The number of nitrogens with zero attached hydrogens (tertiary/aromatic N) is 1. The van der Waals surface area contributed by atoms with Crippen LogP contribution >= 0.6 is 0 Å². The summed E-state index contributed by atoms with van der Waals surface area (Å²) in [7, 11) is 0. The molecule has 2 N–H and O–H groups in total. The van der Waals surface area contributed by atoms with E-state index in [1.807, 2.05) is 13.8 Å². The van der Waals surface area contributed by atoms with Crippen LogP contribution in [0.2, 0.25) is 0 Å². The lowest BCUT2D eigenvalue weighted by molar-refractivity contribution is -0.118. The molecule has 1 aromatic rings. The molecular weight excluding hydrogens is 218 g/mol. The fourth-order valence-corrected chi connectivity index (χ4v) is 1.90. The fraction of sp³-hybridized carbons (Fsp3) is 0.667. The third-order valence-corrected chi connectivity index (χ3v) is 2.99. The van der Waals surface area contributed by atoms with Gasteiger partial charge in [0.1, 0.15) is 0 Å². The molecule has 0 radical (unpaired) electrons. The van der Waals surface area contributed by atoms with E-state index in [0.717, 1.165) is 31.5 Å². The number of carbonyl (C=O) groups is 1. The summed E-state index contributed by atoms with van der Waals surface area (Å²) in [6.07, 6.45) is 3.12. The van der Waals surface area contributed by atoms with Crippen molar-refractivity contribution in [3.63, 3.8) is 0 Å². The Morgan fingerprint density at radius 3 is 3.00 bits per heavy atom. The predicted molar refractivity (Wildman–Crippen MR) is 64.9 cm³/mol. The molecular formula is C12H19N3O2. The van der Waals surface area contributed by atoms with Crippen LogP contribution in [-0.4, -0.2) is 23.7 Å². The Labute approximate surface area is 101 Å². The number of nitrogens with one attached hydrogen (secondary N) is 2. The van der Waals surface area contributed by atoms with Gasteiger partial charge in [0.15, 0.2) is 0 Å². The summed E-state index contributed by atoms with van der Waals surface area (Å²) in [5, 5.41) is 9.85. The van der Waals surface area contributed by atoms with Crippen LogP contribution < -0.4 is 10.6 Å². The maximum absolute atomic E-state index is 11.9. The maximum Gasteiger partial charge on any atom is 0.243 e. The first-order chi connectivity index (χ1) is 8.16. The number of hydrogen-bond acceptors (Lipinski definition) is 4. The van der Waals surface area contributed by atoms with Crippen molar-refractivity contribution in [2.45, 2.75) is 45.1 Å². The zero-order chi connectivity index (χ0) is 12.3. The normalized spacial score (nSPS) is 20.5. The van der Waals surface area contributed by atoms with Gasteiger partial charge in [0.05, 0.1) is 11.7 Å². The highest BCUT2D eigenvalue weighted by molar-refractivity contribution is 5.93. The highest BCUT2D eigenvalue weighted by atomic mass is 16.5. The molecule has 0 bridgehead atoms. The smallest absolute Gasteiger partial charge is 0.243 e. The van der Waals surface area contributed by atoms with Crippen LogP contribution in [0.1, 0.15) is 44.7 Å². The molecule has 1 aliphatic rings. The molecule has 1 aromatic heterocycles. The Morgan fingerprint density at radius 2 is 2.41 bits per heavy atom. The van der Waals surface area contributed by atoms with E-state index in [-0.39, 0.29) is 11.9 Å². The van der Waals surface area contributed by atoms with Gasteiger partial charge in [0.2, 0.25) is 11.8 Å². The van der Waals surface area contributed by atoms with E-state index in [1.54, 1.807) is 6.07 Å². The summed E-state index contributed by atoms with van der Waals surface area (Å²) in [4.78, 5) is 11.9. The third-order valence-electron chi connectivity index (χ3n) is 2.99. The van der Waals surface area contributed by atoms with Crippen molar-refractivity contribution in [1.29, 1.82) is 0 Å². The minimum Gasteiger partial charge on any atom is -0.338 e. The van der Waals surface area contributed by atoms with Gasteiger partial charge in [0, 0.05) is 6.07 Å². The zero-order valence-corrected chi connectivity index (χ0v) is 10.3. The molecule has 0 spiro atoms. The monoisotopic (exact) mass is 237 g/mol. The van der Waals surface area contributed by atoms with Gasteiger partial charge in [0.25, 0.3) is 0 Å². The van der Waals surface area contributed by atoms with Gasteiger partial charge in [-0.05, 0) is 25.3 Å². The van der Waals surface area contributed by atoms with E-state index >= 15 is 0 Å². The van der Waals surface area contributed by atoms with Crippen molar-refractivity contribution in [1.82, 2.24) is 10.5 Å². The second-order valence-electron chi connectivity index (χ2n) is 4.76. The quantitative estimate of drug-likeness (QED) is 0.842. The molecule has 5 nitrogen and oxygen atoms in total. The number of aromatic nitrogens is 1. The summed E-state index contributed by atoms with van der Waals surface area (Å²) in [5.41, 5.74) is 0.858. The van der Waals surface area contributed by atoms with Gasteiger partial charge in [-0.25, -0.2) is 0 Å². The molecule has 1 saturated heterocycles. The first-order valence-corrected chi connectivity index (χ1v) is 6.17. The number of hydrogen-bond donors (Lipinski definition) is 2. The van der Waals surface area contributed by atoms with Crippen molar-refractivity contribution in [2.75, 3.05) is 11.9 Å². The Balaban J connectivity index is 1.92. The Hall–Kier alpha value is -1.36. The first-order valence-electron chi connectivity index (χ1n) is 6.17. The van der Waals surface area contributed by atoms with E-state index in [4.69, 9.17) is 4.52 Å². The molecule has 1 atom stereocenters. The van der Waals surface area contributed by atoms with Crippen LogP contribution in [0, 0.1) is 0 Å². The molecule has 94 valence electrons. The van der Waals surface area contributed by atoms with Crippen molar-refractivity contribution < 1.29 is 9.32 Å². The van der Waals surface area contributed by atoms with E-state index in [2.05, 4.69) is 15.8 Å². The Morgan fingerprint density at radius 1 is 1.59 bits per heavy atom. The molecule has 0 aliphatic carbocycles. The Bertz CT molecular complexity index is 381. The number of carbonyl (C=O) groups excluding carboxylic acids is 1. The van der Waals surface area contributed by atoms with Gasteiger partial charge in [-0.2, -0.15) is 0 Å². The second-order valence-corrected chi connectivity index (χ2v) is 4.76. The van der Waals surface area contributed by atoms with Crippen molar-refractivity contribution in [2.24, 2.45) is 0 Å². The molecule has 2 heterocycles. The molecule has 0 unspecified atom stereocenters. The lowest BCUT2D eigenvalue weighted by Crippen LogP contribution is -2.43. The first kappa shape index (κ1) is 12.1.